The minimum absolute atomic E-state index is 0.0379. The molecule has 0 aromatic carbocycles. The lowest BCUT2D eigenvalue weighted by atomic mass is 9.90. The van der Waals surface area contributed by atoms with Crippen LogP contribution in [0.1, 0.15) is 32.1 Å². The second kappa shape index (κ2) is 6.12. The lowest BCUT2D eigenvalue weighted by Crippen LogP contribution is -2.40. The smallest absolute Gasteiger partial charge is 0.0669 e. The van der Waals surface area contributed by atoms with Crippen molar-refractivity contribution in [3.05, 3.63) is 0 Å². The van der Waals surface area contributed by atoms with Crippen LogP contribution in [-0.4, -0.2) is 48.6 Å². The summed E-state index contributed by atoms with van der Waals surface area (Å²) < 4.78 is 0. The topological polar surface area (TPSA) is 54.1 Å². The first-order valence-electron chi connectivity index (χ1n) is 8.04. The van der Waals surface area contributed by atoms with Gasteiger partial charge in [0.05, 0.1) is 18.1 Å². The lowest BCUT2D eigenvalue weighted by molar-refractivity contribution is 0.151. The summed E-state index contributed by atoms with van der Waals surface area (Å²) in [6.45, 7) is 5.80. The molecule has 108 valence electrons. The number of piperidine rings is 1. The van der Waals surface area contributed by atoms with Gasteiger partial charge >= 0.3 is 0 Å². The predicted octanol–water partition coefficient (Wildman–Crippen LogP) is 1.85. The normalized spacial score (nSPS) is 35.0. The maximum absolute atomic E-state index is 9.21. The highest BCUT2D eigenvalue weighted by Crippen LogP contribution is 2.40. The van der Waals surface area contributed by atoms with Crippen LogP contribution < -0.4 is 0 Å². The van der Waals surface area contributed by atoms with Gasteiger partial charge in [0.25, 0.3) is 0 Å². The first kappa shape index (κ1) is 13.9. The molecule has 20 heavy (non-hydrogen) atoms. The maximum Gasteiger partial charge on any atom is 0.0669 e. The molecule has 4 atom stereocenters. The third-order valence-corrected chi connectivity index (χ3v) is 5.46. The van der Waals surface area contributed by atoms with Crippen molar-refractivity contribution in [3.8, 4) is 12.1 Å². The van der Waals surface area contributed by atoms with Gasteiger partial charge in [-0.15, -0.1) is 0 Å². The third kappa shape index (κ3) is 2.68. The van der Waals surface area contributed by atoms with E-state index in [2.05, 4.69) is 21.9 Å². The van der Waals surface area contributed by atoms with Crippen LogP contribution in [-0.2, 0) is 0 Å². The van der Waals surface area contributed by atoms with Crippen molar-refractivity contribution in [2.75, 3.05) is 32.7 Å². The van der Waals surface area contributed by atoms with Crippen molar-refractivity contribution in [3.63, 3.8) is 0 Å². The molecule has 0 N–H and O–H groups in total. The molecule has 0 aromatic rings. The van der Waals surface area contributed by atoms with E-state index < -0.39 is 0 Å². The van der Waals surface area contributed by atoms with Crippen molar-refractivity contribution in [2.24, 2.45) is 17.8 Å². The molecule has 0 bridgehead atoms. The van der Waals surface area contributed by atoms with Gasteiger partial charge in [0.1, 0.15) is 0 Å². The number of nitriles is 2. The molecule has 0 radical (unpaired) electrons. The Kier molecular flexibility index (Phi) is 4.24. The molecule has 0 unspecified atom stereocenters. The summed E-state index contributed by atoms with van der Waals surface area (Å²) in [7, 11) is 0. The van der Waals surface area contributed by atoms with E-state index in [-0.39, 0.29) is 5.92 Å². The zero-order valence-corrected chi connectivity index (χ0v) is 12.2. The Morgan fingerprint density at radius 1 is 1.15 bits per heavy atom. The highest BCUT2D eigenvalue weighted by atomic mass is 15.3. The highest BCUT2D eigenvalue weighted by molar-refractivity contribution is 5.01. The summed E-state index contributed by atoms with van der Waals surface area (Å²) in [6.07, 6.45) is 5.40. The number of likely N-dealkylation sites (tertiary alicyclic amines) is 1. The number of rotatable bonds is 4. The minimum Gasteiger partial charge on any atom is -0.301 e. The van der Waals surface area contributed by atoms with Gasteiger partial charge in [-0.05, 0) is 37.6 Å². The fraction of sp³-hybridized carbons (Fsp3) is 0.875. The first-order valence-corrected chi connectivity index (χ1v) is 8.04. The number of hydrogen-bond acceptors (Lipinski definition) is 4. The van der Waals surface area contributed by atoms with Crippen LogP contribution in [0.25, 0.3) is 0 Å². The standard InChI is InChI=1S/C16H24N4/c17-6-3-4-13(8-18)9-19-10-14-11-20-7-2-1-5-16(20)15(14)12-19/h13-16H,1-5,7,9-12H2/t13-,14-,15-,16+/m1/s1. The Hall–Kier alpha value is -1.10. The molecule has 3 saturated heterocycles. The predicted molar refractivity (Wildman–Crippen MR) is 76.6 cm³/mol. The summed E-state index contributed by atoms with van der Waals surface area (Å²) in [5.41, 5.74) is 0. The molecule has 3 rings (SSSR count). The van der Waals surface area contributed by atoms with E-state index in [1.165, 1.54) is 45.4 Å². The van der Waals surface area contributed by atoms with E-state index in [1.807, 2.05) is 0 Å². The summed E-state index contributed by atoms with van der Waals surface area (Å²) in [6, 6.07) is 5.36. The molecular formula is C16H24N4. The van der Waals surface area contributed by atoms with Gasteiger partial charge in [-0.3, -0.25) is 4.90 Å². The number of fused-ring (bicyclic) bond motifs is 3. The van der Waals surface area contributed by atoms with Crippen LogP contribution >= 0.6 is 0 Å². The summed E-state index contributed by atoms with van der Waals surface area (Å²) in [5.74, 6) is 1.70. The molecule has 0 aliphatic carbocycles. The average Bonchev–Trinajstić information content (AvgIpc) is 3.00. The molecule has 4 heteroatoms. The minimum atomic E-state index is 0.0379. The molecular weight excluding hydrogens is 248 g/mol. The zero-order chi connectivity index (χ0) is 13.9. The Bertz CT molecular complexity index is 421. The van der Waals surface area contributed by atoms with Crippen molar-refractivity contribution in [2.45, 2.75) is 38.1 Å². The molecule has 0 aromatic heterocycles. The van der Waals surface area contributed by atoms with Crippen LogP contribution in [0.4, 0.5) is 0 Å². The SMILES string of the molecule is N#CCC[C@H](C#N)CN1C[C@@H]2CN3CCCC[C@H]3[C@@H]2C1. The second-order valence-electron chi connectivity index (χ2n) is 6.72. The van der Waals surface area contributed by atoms with Gasteiger partial charge in [0, 0.05) is 38.6 Å². The number of nitrogens with zero attached hydrogens (tertiary/aromatic N) is 4. The molecule has 3 fully saturated rings. The molecule has 0 spiro atoms. The van der Waals surface area contributed by atoms with Crippen molar-refractivity contribution in [1.82, 2.24) is 9.80 Å². The molecule has 3 aliphatic heterocycles. The van der Waals surface area contributed by atoms with Crippen molar-refractivity contribution < 1.29 is 0 Å². The molecule has 0 saturated carbocycles. The fourth-order valence-electron chi connectivity index (χ4n) is 4.54. The van der Waals surface area contributed by atoms with E-state index in [4.69, 9.17) is 5.26 Å². The van der Waals surface area contributed by atoms with Gasteiger partial charge < -0.3 is 4.90 Å². The zero-order valence-electron chi connectivity index (χ0n) is 12.2. The fourth-order valence-corrected chi connectivity index (χ4v) is 4.54. The average molecular weight is 272 g/mol. The highest BCUT2D eigenvalue weighted by Gasteiger charge is 2.47. The van der Waals surface area contributed by atoms with E-state index in [1.54, 1.807) is 0 Å². The summed E-state index contributed by atoms with van der Waals surface area (Å²) >= 11 is 0. The van der Waals surface area contributed by atoms with Gasteiger partial charge in [-0.25, -0.2) is 0 Å². The Morgan fingerprint density at radius 2 is 2.05 bits per heavy atom. The molecule has 3 heterocycles. The van der Waals surface area contributed by atoms with E-state index in [9.17, 15) is 5.26 Å². The maximum atomic E-state index is 9.21. The number of hydrogen-bond donors (Lipinski definition) is 0. The lowest BCUT2D eigenvalue weighted by Gasteiger charge is -2.33. The Labute approximate surface area is 122 Å². The van der Waals surface area contributed by atoms with E-state index in [0.717, 1.165) is 30.8 Å². The van der Waals surface area contributed by atoms with Gasteiger partial charge in [0.15, 0.2) is 0 Å². The first-order chi connectivity index (χ1) is 9.81. The molecule has 4 nitrogen and oxygen atoms in total. The molecule has 0 amide bonds. The van der Waals surface area contributed by atoms with Crippen LogP contribution in [0.3, 0.4) is 0 Å². The van der Waals surface area contributed by atoms with Gasteiger partial charge in [-0.1, -0.05) is 6.42 Å². The molecule has 3 aliphatic rings. The quantitative estimate of drug-likeness (QED) is 0.783. The van der Waals surface area contributed by atoms with Crippen molar-refractivity contribution >= 4 is 0 Å². The third-order valence-electron chi connectivity index (χ3n) is 5.46. The largest absolute Gasteiger partial charge is 0.301 e. The summed E-state index contributed by atoms with van der Waals surface area (Å²) in [4.78, 5) is 5.21. The van der Waals surface area contributed by atoms with Crippen LogP contribution in [0.15, 0.2) is 0 Å². The van der Waals surface area contributed by atoms with E-state index >= 15 is 0 Å². The van der Waals surface area contributed by atoms with Crippen molar-refractivity contribution in [1.29, 1.82) is 10.5 Å². The van der Waals surface area contributed by atoms with Crippen LogP contribution in [0, 0.1) is 40.4 Å². The Balaban J connectivity index is 1.53. The second-order valence-corrected chi connectivity index (χ2v) is 6.72. The van der Waals surface area contributed by atoms with Gasteiger partial charge in [-0.2, -0.15) is 10.5 Å². The van der Waals surface area contributed by atoms with Gasteiger partial charge in [0.2, 0.25) is 0 Å². The Morgan fingerprint density at radius 3 is 2.85 bits per heavy atom. The van der Waals surface area contributed by atoms with E-state index in [0.29, 0.717) is 6.42 Å². The summed E-state index contributed by atoms with van der Waals surface area (Å²) in [5, 5.41) is 17.9. The van der Waals surface area contributed by atoms with Crippen LogP contribution in [0.2, 0.25) is 0 Å². The monoisotopic (exact) mass is 272 g/mol. The van der Waals surface area contributed by atoms with Crippen LogP contribution in [0.5, 0.6) is 0 Å².